The molecular formula is C15H24N2O2. The quantitative estimate of drug-likeness (QED) is 0.769. The van der Waals surface area contributed by atoms with Crippen LogP contribution < -0.4 is 10.1 Å². The van der Waals surface area contributed by atoms with Crippen LogP contribution in [0.2, 0.25) is 0 Å². The number of nitrogens with zero attached hydrogens (tertiary/aromatic N) is 1. The van der Waals surface area contributed by atoms with Gasteiger partial charge < -0.3 is 14.8 Å². The Labute approximate surface area is 115 Å². The van der Waals surface area contributed by atoms with E-state index in [9.17, 15) is 0 Å². The lowest BCUT2D eigenvalue weighted by Crippen LogP contribution is -2.24. The van der Waals surface area contributed by atoms with Gasteiger partial charge in [-0.05, 0) is 18.9 Å². The molecule has 4 heteroatoms. The molecule has 0 unspecified atom stereocenters. The number of hydrogen-bond acceptors (Lipinski definition) is 4. The molecule has 19 heavy (non-hydrogen) atoms. The van der Waals surface area contributed by atoms with Crippen LogP contribution in [0, 0.1) is 0 Å². The summed E-state index contributed by atoms with van der Waals surface area (Å²) in [4.78, 5) is 4.18. The number of nitrogens with one attached hydrogen (secondary N) is 1. The normalized spacial score (nSPS) is 16.5. The zero-order valence-corrected chi connectivity index (χ0v) is 11.7. The van der Waals surface area contributed by atoms with Crippen LogP contribution in [0.25, 0.3) is 0 Å². The summed E-state index contributed by atoms with van der Waals surface area (Å²) in [6.07, 6.45) is 8.72. The molecule has 1 aromatic rings. The monoisotopic (exact) mass is 264 g/mol. The van der Waals surface area contributed by atoms with E-state index in [4.69, 9.17) is 9.47 Å². The molecule has 2 rings (SSSR count). The first-order valence-corrected chi connectivity index (χ1v) is 7.20. The molecule has 0 radical (unpaired) electrons. The fourth-order valence-electron chi connectivity index (χ4n) is 2.50. The number of ether oxygens (including phenoxy) is 2. The van der Waals surface area contributed by atoms with Crippen LogP contribution in [-0.2, 0) is 11.3 Å². The predicted molar refractivity (Wildman–Crippen MR) is 75.3 cm³/mol. The van der Waals surface area contributed by atoms with Crippen molar-refractivity contribution in [2.75, 3.05) is 20.3 Å². The van der Waals surface area contributed by atoms with Crippen molar-refractivity contribution in [3.63, 3.8) is 0 Å². The lowest BCUT2D eigenvalue weighted by molar-refractivity contribution is 0.0302. The van der Waals surface area contributed by atoms with Gasteiger partial charge in [-0.1, -0.05) is 25.3 Å². The fraction of sp³-hybridized carbons (Fsp3) is 0.667. The Hall–Kier alpha value is -1.13. The highest BCUT2D eigenvalue weighted by molar-refractivity contribution is 5.24. The topological polar surface area (TPSA) is 43.4 Å². The van der Waals surface area contributed by atoms with Gasteiger partial charge in [-0.15, -0.1) is 0 Å². The number of methoxy groups -OCH3 is 1. The minimum Gasteiger partial charge on any atom is -0.481 e. The number of rotatable bonds is 7. The molecule has 1 fully saturated rings. The first-order chi connectivity index (χ1) is 9.40. The van der Waals surface area contributed by atoms with Crippen molar-refractivity contribution in [2.24, 2.45) is 0 Å². The van der Waals surface area contributed by atoms with Crippen molar-refractivity contribution >= 4 is 0 Å². The third-order valence-electron chi connectivity index (χ3n) is 3.54. The Morgan fingerprint density at radius 3 is 2.95 bits per heavy atom. The SMILES string of the molecule is COc1ncccc1CNCCOC1CCCCC1. The molecule has 1 aliphatic carbocycles. The zero-order valence-electron chi connectivity index (χ0n) is 11.7. The molecule has 0 saturated heterocycles. The minimum atomic E-state index is 0.489. The highest BCUT2D eigenvalue weighted by Crippen LogP contribution is 2.19. The first kappa shape index (κ1) is 14.3. The largest absolute Gasteiger partial charge is 0.481 e. The molecule has 1 aromatic heterocycles. The molecule has 0 aliphatic heterocycles. The van der Waals surface area contributed by atoms with Crippen LogP contribution in [0.3, 0.4) is 0 Å². The summed E-state index contributed by atoms with van der Waals surface area (Å²) in [5, 5.41) is 3.37. The molecule has 1 saturated carbocycles. The van der Waals surface area contributed by atoms with Gasteiger partial charge in [-0.2, -0.15) is 0 Å². The smallest absolute Gasteiger partial charge is 0.217 e. The summed E-state index contributed by atoms with van der Waals surface area (Å²) in [5.74, 6) is 0.697. The second kappa shape index (κ2) is 8.12. The lowest BCUT2D eigenvalue weighted by Gasteiger charge is -2.22. The van der Waals surface area contributed by atoms with Crippen LogP contribution in [0.15, 0.2) is 18.3 Å². The highest BCUT2D eigenvalue weighted by atomic mass is 16.5. The van der Waals surface area contributed by atoms with Crippen molar-refractivity contribution in [3.05, 3.63) is 23.9 Å². The number of aromatic nitrogens is 1. The van der Waals surface area contributed by atoms with E-state index in [0.717, 1.165) is 25.3 Å². The van der Waals surface area contributed by atoms with Crippen molar-refractivity contribution in [1.82, 2.24) is 10.3 Å². The van der Waals surface area contributed by atoms with Gasteiger partial charge in [0, 0.05) is 24.8 Å². The van der Waals surface area contributed by atoms with Crippen LogP contribution in [-0.4, -0.2) is 31.3 Å². The van der Waals surface area contributed by atoms with Crippen LogP contribution in [0.1, 0.15) is 37.7 Å². The highest BCUT2D eigenvalue weighted by Gasteiger charge is 2.12. The molecule has 0 spiro atoms. The van der Waals surface area contributed by atoms with Gasteiger partial charge in [0.1, 0.15) is 0 Å². The van der Waals surface area contributed by atoms with Gasteiger partial charge in [0.05, 0.1) is 19.8 Å². The average Bonchev–Trinajstić information content (AvgIpc) is 2.48. The zero-order chi connectivity index (χ0) is 13.3. The summed E-state index contributed by atoms with van der Waals surface area (Å²) in [6, 6.07) is 3.96. The third kappa shape index (κ3) is 4.80. The molecule has 1 N–H and O–H groups in total. The summed E-state index contributed by atoms with van der Waals surface area (Å²) in [7, 11) is 1.65. The van der Waals surface area contributed by atoms with E-state index in [1.54, 1.807) is 13.3 Å². The summed E-state index contributed by atoms with van der Waals surface area (Å²) < 4.78 is 11.1. The Morgan fingerprint density at radius 1 is 1.32 bits per heavy atom. The molecule has 1 aliphatic rings. The van der Waals surface area contributed by atoms with Crippen molar-refractivity contribution < 1.29 is 9.47 Å². The molecule has 0 atom stereocenters. The maximum Gasteiger partial charge on any atom is 0.217 e. The van der Waals surface area contributed by atoms with Crippen molar-refractivity contribution in [2.45, 2.75) is 44.8 Å². The van der Waals surface area contributed by atoms with Crippen LogP contribution in [0.5, 0.6) is 5.88 Å². The predicted octanol–water partition coefficient (Wildman–Crippen LogP) is 2.53. The Bertz CT molecular complexity index is 365. The Balaban J connectivity index is 1.61. The van der Waals surface area contributed by atoms with Gasteiger partial charge in [0.15, 0.2) is 0 Å². The van der Waals surface area contributed by atoms with Gasteiger partial charge in [0.25, 0.3) is 0 Å². The van der Waals surface area contributed by atoms with E-state index in [1.165, 1.54) is 32.1 Å². The third-order valence-corrected chi connectivity index (χ3v) is 3.54. The van der Waals surface area contributed by atoms with Gasteiger partial charge in [-0.25, -0.2) is 4.98 Å². The molecule has 4 nitrogen and oxygen atoms in total. The van der Waals surface area contributed by atoms with Gasteiger partial charge in [0.2, 0.25) is 5.88 Å². The minimum absolute atomic E-state index is 0.489. The summed E-state index contributed by atoms with van der Waals surface area (Å²) in [5.41, 5.74) is 1.09. The van der Waals surface area contributed by atoms with E-state index in [0.29, 0.717) is 12.0 Å². The molecule has 0 bridgehead atoms. The second-order valence-corrected chi connectivity index (χ2v) is 4.98. The summed E-state index contributed by atoms with van der Waals surface area (Å²) >= 11 is 0. The van der Waals surface area contributed by atoms with E-state index in [-0.39, 0.29) is 0 Å². The van der Waals surface area contributed by atoms with Gasteiger partial charge >= 0.3 is 0 Å². The van der Waals surface area contributed by atoms with Crippen LogP contribution in [0.4, 0.5) is 0 Å². The number of pyridine rings is 1. The molecule has 0 aromatic carbocycles. The van der Waals surface area contributed by atoms with E-state index >= 15 is 0 Å². The summed E-state index contributed by atoms with van der Waals surface area (Å²) in [6.45, 7) is 2.42. The van der Waals surface area contributed by atoms with Gasteiger partial charge in [-0.3, -0.25) is 0 Å². The molecule has 0 amide bonds. The number of hydrogen-bond donors (Lipinski definition) is 1. The van der Waals surface area contributed by atoms with Crippen molar-refractivity contribution in [1.29, 1.82) is 0 Å². The fourth-order valence-corrected chi connectivity index (χ4v) is 2.50. The Morgan fingerprint density at radius 2 is 2.16 bits per heavy atom. The lowest BCUT2D eigenvalue weighted by atomic mass is 9.98. The maximum absolute atomic E-state index is 5.87. The van der Waals surface area contributed by atoms with E-state index < -0.39 is 0 Å². The van der Waals surface area contributed by atoms with Crippen LogP contribution >= 0.6 is 0 Å². The Kier molecular flexibility index (Phi) is 6.11. The van der Waals surface area contributed by atoms with E-state index in [2.05, 4.69) is 10.3 Å². The second-order valence-electron chi connectivity index (χ2n) is 4.98. The standard InChI is InChI=1S/C15H24N2O2/c1-18-15-13(6-5-9-17-15)12-16-10-11-19-14-7-3-2-4-8-14/h5-6,9,14,16H,2-4,7-8,10-12H2,1H3. The first-order valence-electron chi connectivity index (χ1n) is 7.20. The molecular weight excluding hydrogens is 240 g/mol. The molecule has 1 heterocycles. The van der Waals surface area contributed by atoms with Crippen molar-refractivity contribution in [3.8, 4) is 5.88 Å². The average molecular weight is 264 g/mol. The van der Waals surface area contributed by atoms with E-state index in [1.807, 2.05) is 12.1 Å². The molecule has 106 valence electrons. The maximum atomic E-state index is 5.87.